The molecule has 110 valence electrons. The van der Waals surface area contributed by atoms with Crippen molar-refractivity contribution in [2.24, 2.45) is 0 Å². The maximum Gasteiger partial charge on any atom is 0.420 e. The van der Waals surface area contributed by atoms with E-state index >= 15 is 0 Å². The van der Waals surface area contributed by atoms with Crippen LogP contribution in [0, 0.1) is 12.7 Å². The number of aryl methyl sites for hydroxylation is 1. The number of hydrogen-bond acceptors (Lipinski definition) is 2. The van der Waals surface area contributed by atoms with Crippen LogP contribution < -0.4 is 4.74 Å². The van der Waals surface area contributed by atoms with Crippen LogP contribution in [0.2, 0.25) is 0 Å². The summed E-state index contributed by atoms with van der Waals surface area (Å²) in [6.45, 7) is 1.47. The number of aldehydes is 1. The van der Waals surface area contributed by atoms with Crippen molar-refractivity contribution < 1.29 is 27.1 Å². The van der Waals surface area contributed by atoms with Crippen LogP contribution in [0.4, 0.5) is 17.6 Å². The van der Waals surface area contributed by atoms with E-state index in [0.29, 0.717) is 12.4 Å². The van der Waals surface area contributed by atoms with E-state index in [2.05, 4.69) is 0 Å². The van der Waals surface area contributed by atoms with Crippen molar-refractivity contribution in [3.05, 3.63) is 58.9 Å². The zero-order valence-corrected chi connectivity index (χ0v) is 10.9. The Bertz CT molecular complexity index is 678. The highest BCUT2D eigenvalue weighted by molar-refractivity contribution is 5.75. The van der Waals surface area contributed by atoms with Gasteiger partial charge in [0.15, 0.2) is 11.6 Å². The molecule has 0 aliphatic heterocycles. The van der Waals surface area contributed by atoms with Crippen molar-refractivity contribution >= 4 is 6.29 Å². The Morgan fingerprint density at radius 2 is 1.81 bits per heavy atom. The number of rotatable bonds is 3. The molecule has 2 rings (SSSR count). The van der Waals surface area contributed by atoms with E-state index in [-0.39, 0.29) is 16.9 Å². The first-order valence-electron chi connectivity index (χ1n) is 5.92. The fourth-order valence-electron chi connectivity index (χ4n) is 1.75. The molecule has 0 atom stereocenters. The zero-order valence-electron chi connectivity index (χ0n) is 10.9. The van der Waals surface area contributed by atoms with E-state index < -0.39 is 23.3 Å². The van der Waals surface area contributed by atoms with Gasteiger partial charge in [0.1, 0.15) is 12.0 Å². The van der Waals surface area contributed by atoms with Crippen LogP contribution in [0.15, 0.2) is 36.4 Å². The summed E-state index contributed by atoms with van der Waals surface area (Å²) >= 11 is 0. The molecule has 0 aliphatic carbocycles. The second-order valence-corrected chi connectivity index (χ2v) is 4.36. The monoisotopic (exact) mass is 298 g/mol. The van der Waals surface area contributed by atoms with Crippen molar-refractivity contribution in [2.75, 3.05) is 0 Å². The molecule has 0 bridgehead atoms. The molecule has 2 aromatic carbocycles. The van der Waals surface area contributed by atoms with E-state index in [1.165, 1.54) is 31.2 Å². The third-order valence-corrected chi connectivity index (χ3v) is 2.82. The average Bonchev–Trinajstić information content (AvgIpc) is 2.43. The normalized spacial score (nSPS) is 11.3. The second-order valence-electron chi connectivity index (χ2n) is 4.36. The summed E-state index contributed by atoms with van der Waals surface area (Å²) in [6, 6.07) is 7.01. The molecular weight excluding hydrogens is 288 g/mol. The minimum Gasteiger partial charge on any atom is -0.454 e. The minimum atomic E-state index is -4.71. The van der Waals surface area contributed by atoms with Crippen LogP contribution in [0.5, 0.6) is 11.5 Å². The number of carbonyl (C=O) groups is 1. The molecule has 0 saturated carbocycles. The van der Waals surface area contributed by atoms with Crippen molar-refractivity contribution in [1.29, 1.82) is 0 Å². The van der Waals surface area contributed by atoms with Gasteiger partial charge in [0.2, 0.25) is 0 Å². The topological polar surface area (TPSA) is 26.3 Å². The third kappa shape index (κ3) is 3.21. The van der Waals surface area contributed by atoms with E-state index in [1.807, 2.05) is 0 Å². The van der Waals surface area contributed by atoms with Crippen molar-refractivity contribution in [3.8, 4) is 11.5 Å². The van der Waals surface area contributed by atoms with E-state index in [9.17, 15) is 22.4 Å². The smallest absolute Gasteiger partial charge is 0.420 e. The van der Waals surface area contributed by atoms with Crippen LogP contribution in [-0.4, -0.2) is 6.29 Å². The lowest BCUT2D eigenvalue weighted by Gasteiger charge is -2.15. The Morgan fingerprint density at radius 3 is 2.43 bits per heavy atom. The first kappa shape index (κ1) is 15.0. The van der Waals surface area contributed by atoms with Gasteiger partial charge < -0.3 is 4.74 Å². The van der Waals surface area contributed by atoms with Crippen LogP contribution in [0.3, 0.4) is 0 Å². The molecule has 0 N–H and O–H groups in total. The summed E-state index contributed by atoms with van der Waals surface area (Å²) < 4.78 is 57.7. The molecule has 0 radical (unpaired) electrons. The molecule has 0 saturated heterocycles. The average molecular weight is 298 g/mol. The molecular formula is C15H10F4O2. The van der Waals surface area contributed by atoms with Gasteiger partial charge in [-0.3, -0.25) is 4.79 Å². The number of hydrogen-bond donors (Lipinski definition) is 0. The summed E-state index contributed by atoms with van der Waals surface area (Å²) in [4.78, 5) is 10.6. The second kappa shape index (κ2) is 5.55. The van der Waals surface area contributed by atoms with Crippen LogP contribution in [0.25, 0.3) is 0 Å². The lowest BCUT2D eigenvalue weighted by atomic mass is 10.1. The highest BCUT2D eigenvalue weighted by Gasteiger charge is 2.35. The maximum absolute atomic E-state index is 13.8. The molecule has 6 heteroatoms. The zero-order chi connectivity index (χ0) is 15.6. The summed E-state index contributed by atoms with van der Waals surface area (Å²) in [5.74, 6) is -1.60. The summed E-state index contributed by atoms with van der Waals surface area (Å²) in [5.41, 5.74) is -1.02. The van der Waals surface area contributed by atoms with Gasteiger partial charge in [0, 0.05) is 5.56 Å². The van der Waals surface area contributed by atoms with Gasteiger partial charge in [-0.1, -0.05) is 12.1 Å². The number of halogens is 4. The molecule has 0 aliphatic rings. The fourth-order valence-corrected chi connectivity index (χ4v) is 1.75. The van der Waals surface area contributed by atoms with Gasteiger partial charge in [-0.25, -0.2) is 4.39 Å². The maximum atomic E-state index is 13.8. The van der Waals surface area contributed by atoms with E-state index in [4.69, 9.17) is 4.74 Å². The number of carbonyl (C=O) groups excluding carboxylic acids is 1. The van der Waals surface area contributed by atoms with Gasteiger partial charge in [0.25, 0.3) is 0 Å². The Labute approximate surface area is 118 Å². The SMILES string of the molecule is Cc1cccc(Oc2ccc(C=O)cc2C(F)(F)F)c1F. The molecule has 2 aromatic rings. The minimum absolute atomic E-state index is 0.139. The quantitative estimate of drug-likeness (QED) is 0.603. The molecule has 2 nitrogen and oxygen atoms in total. The van der Waals surface area contributed by atoms with E-state index in [1.54, 1.807) is 0 Å². The van der Waals surface area contributed by atoms with Gasteiger partial charge in [-0.05, 0) is 36.8 Å². The standard InChI is InChI=1S/C15H10F4O2/c1-9-3-2-4-13(14(9)16)21-12-6-5-10(8-20)7-11(12)15(17,18)19/h2-8H,1H3. The van der Waals surface area contributed by atoms with Gasteiger partial charge in [0.05, 0.1) is 5.56 Å². The predicted octanol–water partition coefficient (Wildman–Crippen LogP) is 4.76. The van der Waals surface area contributed by atoms with Gasteiger partial charge >= 0.3 is 6.18 Å². The lowest BCUT2D eigenvalue weighted by molar-refractivity contribution is -0.138. The van der Waals surface area contributed by atoms with Crippen LogP contribution in [-0.2, 0) is 6.18 Å². The largest absolute Gasteiger partial charge is 0.454 e. The molecule has 0 aromatic heterocycles. The highest BCUT2D eigenvalue weighted by Crippen LogP contribution is 2.39. The Kier molecular flexibility index (Phi) is 3.97. The molecule has 21 heavy (non-hydrogen) atoms. The Hall–Kier alpha value is -2.37. The molecule has 0 amide bonds. The first-order valence-corrected chi connectivity index (χ1v) is 5.92. The molecule has 0 spiro atoms. The van der Waals surface area contributed by atoms with Gasteiger partial charge in [-0.15, -0.1) is 0 Å². The van der Waals surface area contributed by atoms with Crippen molar-refractivity contribution in [1.82, 2.24) is 0 Å². The van der Waals surface area contributed by atoms with Crippen LogP contribution >= 0.6 is 0 Å². The Morgan fingerprint density at radius 1 is 1.10 bits per heavy atom. The molecule has 0 heterocycles. The fraction of sp³-hybridized carbons (Fsp3) is 0.133. The Balaban J connectivity index is 2.49. The number of benzene rings is 2. The van der Waals surface area contributed by atoms with Crippen molar-refractivity contribution in [3.63, 3.8) is 0 Å². The number of ether oxygens (including phenoxy) is 1. The first-order chi connectivity index (χ1) is 9.82. The molecule has 0 fully saturated rings. The van der Waals surface area contributed by atoms with Crippen molar-refractivity contribution in [2.45, 2.75) is 13.1 Å². The summed E-state index contributed by atoms with van der Waals surface area (Å²) in [7, 11) is 0. The molecule has 0 unspecified atom stereocenters. The predicted molar refractivity (Wildman–Crippen MR) is 68.0 cm³/mol. The summed E-state index contributed by atoms with van der Waals surface area (Å²) in [5, 5.41) is 0. The number of alkyl halides is 3. The summed E-state index contributed by atoms with van der Waals surface area (Å²) in [6.07, 6.45) is -4.42. The lowest BCUT2D eigenvalue weighted by Crippen LogP contribution is -2.08. The van der Waals surface area contributed by atoms with Gasteiger partial charge in [-0.2, -0.15) is 13.2 Å². The van der Waals surface area contributed by atoms with E-state index in [0.717, 1.165) is 6.07 Å². The van der Waals surface area contributed by atoms with Crippen LogP contribution in [0.1, 0.15) is 21.5 Å². The third-order valence-electron chi connectivity index (χ3n) is 2.82. The highest BCUT2D eigenvalue weighted by atomic mass is 19.4.